The van der Waals surface area contributed by atoms with Crippen molar-refractivity contribution in [2.24, 2.45) is 0 Å². The van der Waals surface area contributed by atoms with Gasteiger partial charge in [0.25, 0.3) is 9.05 Å². The van der Waals surface area contributed by atoms with Gasteiger partial charge in [0.1, 0.15) is 4.90 Å². The molecule has 104 valence electrons. The molecule has 0 spiro atoms. The highest BCUT2D eigenvalue weighted by atomic mass is 35.7. The summed E-state index contributed by atoms with van der Waals surface area (Å²) in [5.41, 5.74) is 0.688. The van der Waals surface area contributed by atoms with Crippen LogP contribution in [0.3, 0.4) is 0 Å². The highest BCUT2D eigenvalue weighted by Crippen LogP contribution is 2.26. The van der Waals surface area contributed by atoms with Crippen molar-refractivity contribution in [3.63, 3.8) is 0 Å². The van der Waals surface area contributed by atoms with E-state index in [0.29, 0.717) is 10.6 Å². The number of halogens is 3. The van der Waals surface area contributed by atoms with Crippen LogP contribution < -0.4 is 0 Å². The second kappa shape index (κ2) is 5.74. The summed E-state index contributed by atoms with van der Waals surface area (Å²) in [6.45, 7) is 0. The molecule has 0 saturated carbocycles. The highest BCUT2D eigenvalue weighted by molar-refractivity contribution is 8.13. The third-order valence-electron chi connectivity index (χ3n) is 2.56. The molecule has 0 fully saturated rings. The molecular weight excluding hydrogens is 343 g/mol. The summed E-state index contributed by atoms with van der Waals surface area (Å²) in [4.78, 5) is 12.0. The van der Waals surface area contributed by atoms with E-state index < -0.39 is 9.05 Å². The van der Waals surface area contributed by atoms with E-state index in [0.717, 1.165) is 0 Å². The number of benzene rings is 2. The normalized spacial score (nSPS) is 11.3. The van der Waals surface area contributed by atoms with Crippen LogP contribution in [0.5, 0.6) is 0 Å². The molecule has 0 aliphatic rings. The van der Waals surface area contributed by atoms with Gasteiger partial charge in [0.05, 0.1) is 5.02 Å². The van der Waals surface area contributed by atoms with Crippen molar-refractivity contribution in [2.75, 3.05) is 0 Å². The van der Waals surface area contributed by atoms with Crippen molar-refractivity contribution in [1.82, 2.24) is 0 Å². The zero-order valence-corrected chi connectivity index (χ0v) is 12.9. The van der Waals surface area contributed by atoms with Gasteiger partial charge in [-0.1, -0.05) is 23.2 Å². The maximum Gasteiger partial charge on any atom is 0.262 e. The Morgan fingerprint density at radius 1 is 0.900 bits per heavy atom. The third-order valence-corrected chi connectivity index (χ3v) is 4.62. The lowest BCUT2D eigenvalue weighted by molar-refractivity contribution is 0.103. The van der Waals surface area contributed by atoms with Crippen molar-refractivity contribution in [1.29, 1.82) is 0 Å². The predicted molar refractivity (Wildman–Crippen MR) is 79.4 cm³/mol. The van der Waals surface area contributed by atoms with E-state index in [4.69, 9.17) is 33.9 Å². The van der Waals surface area contributed by atoms with E-state index in [1.807, 2.05) is 0 Å². The molecule has 0 aromatic heterocycles. The Morgan fingerprint density at radius 3 is 1.95 bits per heavy atom. The minimum absolute atomic E-state index is 0.0974. The second-order valence-corrected chi connectivity index (χ2v) is 7.30. The molecule has 0 unspecified atom stereocenters. The summed E-state index contributed by atoms with van der Waals surface area (Å²) < 4.78 is 22.4. The lowest BCUT2D eigenvalue weighted by atomic mass is 10.0. The summed E-state index contributed by atoms with van der Waals surface area (Å²) in [6, 6.07) is 10.2. The van der Waals surface area contributed by atoms with Gasteiger partial charge < -0.3 is 0 Å². The van der Waals surface area contributed by atoms with Gasteiger partial charge in [0.2, 0.25) is 0 Å². The zero-order valence-electron chi connectivity index (χ0n) is 9.81. The molecule has 0 radical (unpaired) electrons. The van der Waals surface area contributed by atoms with Crippen LogP contribution in [-0.4, -0.2) is 14.2 Å². The van der Waals surface area contributed by atoms with Crippen LogP contribution in [0, 0.1) is 0 Å². The Bertz CT molecular complexity index is 768. The minimum atomic E-state index is -3.93. The summed E-state index contributed by atoms with van der Waals surface area (Å²) >= 11 is 11.6. The van der Waals surface area contributed by atoms with Crippen LogP contribution in [0.4, 0.5) is 0 Å². The van der Waals surface area contributed by atoms with Crippen LogP contribution in [0.25, 0.3) is 0 Å². The molecule has 0 aliphatic carbocycles. The number of ketones is 1. The summed E-state index contributed by atoms with van der Waals surface area (Å²) in [5.74, 6) is -0.290. The van der Waals surface area contributed by atoms with Crippen LogP contribution in [0.15, 0.2) is 47.4 Å². The SMILES string of the molecule is O=C(c1ccc(Cl)cc1)c1ccc(S(=O)(=O)Cl)c(Cl)c1. The van der Waals surface area contributed by atoms with Gasteiger partial charge in [-0.15, -0.1) is 0 Å². The maximum absolute atomic E-state index is 12.2. The van der Waals surface area contributed by atoms with Gasteiger partial charge in [-0.05, 0) is 42.5 Å². The molecular formula is C13H7Cl3O3S. The molecule has 0 atom stereocenters. The monoisotopic (exact) mass is 348 g/mol. The van der Waals surface area contributed by atoms with Crippen LogP contribution in [0.1, 0.15) is 15.9 Å². The summed E-state index contributed by atoms with van der Waals surface area (Å²) in [7, 11) is 1.28. The topological polar surface area (TPSA) is 51.2 Å². The number of rotatable bonds is 3. The molecule has 0 amide bonds. The highest BCUT2D eigenvalue weighted by Gasteiger charge is 2.17. The lowest BCUT2D eigenvalue weighted by Crippen LogP contribution is -2.02. The molecule has 0 aliphatic heterocycles. The van der Waals surface area contributed by atoms with Gasteiger partial charge in [0.15, 0.2) is 5.78 Å². The van der Waals surface area contributed by atoms with E-state index >= 15 is 0 Å². The van der Waals surface area contributed by atoms with Gasteiger partial charge in [-0.25, -0.2) is 8.42 Å². The first kappa shape index (κ1) is 15.3. The molecule has 20 heavy (non-hydrogen) atoms. The van der Waals surface area contributed by atoms with Crippen molar-refractivity contribution < 1.29 is 13.2 Å². The summed E-state index contributed by atoms with van der Waals surface area (Å²) in [6.07, 6.45) is 0. The molecule has 7 heteroatoms. The molecule has 2 aromatic carbocycles. The fourth-order valence-corrected chi connectivity index (χ4v) is 3.26. The van der Waals surface area contributed by atoms with E-state index in [1.54, 1.807) is 24.3 Å². The zero-order chi connectivity index (χ0) is 14.9. The van der Waals surface area contributed by atoms with E-state index in [2.05, 4.69) is 0 Å². The Morgan fingerprint density at radius 2 is 1.45 bits per heavy atom. The Labute approximate surface area is 130 Å². The molecule has 0 N–H and O–H groups in total. The first-order valence-electron chi connectivity index (χ1n) is 5.33. The number of hydrogen-bond donors (Lipinski definition) is 0. The average molecular weight is 350 g/mol. The van der Waals surface area contributed by atoms with Crippen molar-refractivity contribution in [3.8, 4) is 0 Å². The third kappa shape index (κ3) is 3.33. The van der Waals surface area contributed by atoms with Crippen LogP contribution >= 0.6 is 33.9 Å². The van der Waals surface area contributed by atoms with Crippen LogP contribution in [0.2, 0.25) is 10.0 Å². The maximum atomic E-state index is 12.2. The molecule has 0 saturated heterocycles. The standard InChI is InChI=1S/C13H7Cl3O3S/c14-10-4-1-8(2-5-10)13(17)9-3-6-12(11(15)7-9)20(16,18)19/h1-7H. The van der Waals surface area contributed by atoms with E-state index in [-0.39, 0.29) is 21.3 Å². The number of carbonyl (C=O) groups excluding carboxylic acids is 1. The molecule has 0 bridgehead atoms. The van der Waals surface area contributed by atoms with Crippen molar-refractivity contribution in [3.05, 3.63) is 63.6 Å². The van der Waals surface area contributed by atoms with Crippen molar-refractivity contribution in [2.45, 2.75) is 4.90 Å². The largest absolute Gasteiger partial charge is 0.289 e. The van der Waals surface area contributed by atoms with Gasteiger partial charge >= 0.3 is 0 Å². The first-order chi connectivity index (χ1) is 9.29. The van der Waals surface area contributed by atoms with Crippen LogP contribution in [-0.2, 0) is 9.05 Å². The van der Waals surface area contributed by atoms with Gasteiger partial charge in [-0.3, -0.25) is 4.79 Å². The molecule has 3 nitrogen and oxygen atoms in total. The smallest absolute Gasteiger partial charge is 0.262 e. The number of hydrogen-bond acceptors (Lipinski definition) is 3. The van der Waals surface area contributed by atoms with Gasteiger partial charge in [0, 0.05) is 26.8 Å². The quantitative estimate of drug-likeness (QED) is 0.618. The Kier molecular flexibility index (Phi) is 4.39. The first-order valence-corrected chi connectivity index (χ1v) is 8.40. The summed E-state index contributed by atoms with van der Waals surface area (Å²) in [5, 5.41) is 0.419. The molecule has 2 aromatic rings. The number of carbonyl (C=O) groups is 1. The fraction of sp³-hybridized carbons (Fsp3) is 0. The van der Waals surface area contributed by atoms with E-state index in [1.165, 1.54) is 18.2 Å². The average Bonchev–Trinajstić information content (AvgIpc) is 2.37. The van der Waals surface area contributed by atoms with Crippen molar-refractivity contribution >= 4 is 48.7 Å². The fourth-order valence-electron chi connectivity index (χ4n) is 1.61. The lowest BCUT2D eigenvalue weighted by Gasteiger charge is -2.05. The predicted octanol–water partition coefficient (Wildman–Crippen LogP) is 4.15. The van der Waals surface area contributed by atoms with E-state index in [9.17, 15) is 13.2 Å². The second-order valence-electron chi connectivity index (χ2n) is 3.92. The Balaban J connectivity index is 2.42. The molecule has 2 rings (SSSR count). The molecule has 0 heterocycles. The van der Waals surface area contributed by atoms with Gasteiger partial charge in [-0.2, -0.15) is 0 Å². The minimum Gasteiger partial charge on any atom is -0.289 e. The Hall–Kier alpha value is -1.07.